The molecule has 0 aromatic heterocycles. The van der Waals surface area contributed by atoms with Crippen LogP contribution in [0, 0.1) is 0 Å². The number of hydrogen-bond acceptors (Lipinski definition) is 5. The second-order valence-electron chi connectivity index (χ2n) is 8.44. The van der Waals surface area contributed by atoms with Crippen LogP contribution in [0.2, 0.25) is 10.0 Å². The summed E-state index contributed by atoms with van der Waals surface area (Å²) < 4.78 is 31.5. The molecule has 0 aliphatic heterocycles. The number of sulfonamides is 1. The molecule has 2 aromatic carbocycles. The minimum absolute atomic E-state index is 0.0336. The van der Waals surface area contributed by atoms with Crippen LogP contribution in [-0.2, 0) is 26.2 Å². The van der Waals surface area contributed by atoms with E-state index in [-0.39, 0.29) is 29.2 Å². The number of amides is 2. The molecule has 0 heterocycles. The van der Waals surface area contributed by atoms with Crippen LogP contribution in [0.5, 0.6) is 5.75 Å². The first-order valence-corrected chi connectivity index (χ1v) is 14.2. The predicted molar refractivity (Wildman–Crippen MR) is 144 cm³/mol. The van der Waals surface area contributed by atoms with Gasteiger partial charge in [0, 0.05) is 17.6 Å². The molecule has 0 aliphatic rings. The summed E-state index contributed by atoms with van der Waals surface area (Å²) in [5.41, 5.74) is 0.840. The van der Waals surface area contributed by atoms with Gasteiger partial charge in [0.2, 0.25) is 21.8 Å². The quantitative estimate of drug-likeness (QED) is 0.414. The number of anilines is 1. The molecule has 0 unspecified atom stereocenters. The summed E-state index contributed by atoms with van der Waals surface area (Å²) in [5, 5.41) is 3.56. The zero-order valence-electron chi connectivity index (χ0n) is 21.1. The van der Waals surface area contributed by atoms with Crippen molar-refractivity contribution in [2.75, 3.05) is 24.2 Å². The second-order valence-corrected chi connectivity index (χ2v) is 11.2. The maximum absolute atomic E-state index is 13.7. The molecule has 198 valence electrons. The van der Waals surface area contributed by atoms with Crippen molar-refractivity contribution in [2.45, 2.75) is 52.2 Å². The highest BCUT2D eigenvalue weighted by molar-refractivity contribution is 7.92. The van der Waals surface area contributed by atoms with Crippen LogP contribution in [0.15, 0.2) is 42.5 Å². The van der Waals surface area contributed by atoms with Crippen molar-refractivity contribution in [3.8, 4) is 5.75 Å². The van der Waals surface area contributed by atoms with E-state index in [0.29, 0.717) is 22.8 Å². The third kappa shape index (κ3) is 7.75. The van der Waals surface area contributed by atoms with Gasteiger partial charge in [-0.2, -0.15) is 0 Å². The van der Waals surface area contributed by atoms with Crippen LogP contribution in [0.25, 0.3) is 0 Å². The Morgan fingerprint density at radius 3 is 2.25 bits per heavy atom. The van der Waals surface area contributed by atoms with Crippen LogP contribution >= 0.6 is 23.2 Å². The predicted octanol–water partition coefficient (Wildman–Crippen LogP) is 4.49. The molecule has 36 heavy (non-hydrogen) atoms. The maximum atomic E-state index is 13.7. The van der Waals surface area contributed by atoms with Gasteiger partial charge in [0.05, 0.1) is 24.1 Å². The van der Waals surface area contributed by atoms with Gasteiger partial charge in [-0.05, 0) is 49.6 Å². The van der Waals surface area contributed by atoms with Crippen LogP contribution in [-0.4, -0.2) is 57.1 Å². The molecule has 0 spiro atoms. The van der Waals surface area contributed by atoms with Crippen molar-refractivity contribution in [3.05, 3.63) is 58.1 Å². The Balaban J connectivity index is 2.48. The molecule has 11 heteroatoms. The third-order valence-corrected chi connectivity index (χ3v) is 7.59. The Bertz CT molecular complexity index is 1180. The summed E-state index contributed by atoms with van der Waals surface area (Å²) in [5.74, 6) is -0.502. The topological polar surface area (TPSA) is 96.0 Å². The number of nitrogens with one attached hydrogen (secondary N) is 1. The van der Waals surface area contributed by atoms with Crippen molar-refractivity contribution in [2.24, 2.45) is 0 Å². The van der Waals surface area contributed by atoms with E-state index in [4.69, 9.17) is 27.9 Å². The van der Waals surface area contributed by atoms with Crippen molar-refractivity contribution in [3.63, 3.8) is 0 Å². The number of benzene rings is 2. The number of methoxy groups -OCH3 is 1. The summed E-state index contributed by atoms with van der Waals surface area (Å²) in [4.78, 5) is 28.2. The monoisotopic (exact) mass is 557 g/mol. The summed E-state index contributed by atoms with van der Waals surface area (Å²) >= 11 is 12.6. The molecule has 0 bridgehead atoms. The highest BCUT2D eigenvalue weighted by Crippen LogP contribution is 2.30. The van der Waals surface area contributed by atoms with Gasteiger partial charge in [-0.15, -0.1) is 0 Å². The summed E-state index contributed by atoms with van der Waals surface area (Å²) in [6.07, 6.45) is 2.05. The van der Waals surface area contributed by atoms with Gasteiger partial charge in [-0.25, -0.2) is 8.42 Å². The number of carbonyl (C=O) groups is 2. The van der Waals surface area contributed by atoms with E-state index >= 15 is 0 Å². The first-order valence-electron chi connectivity index (χ1n) is 11.6. The molecule has 2 aromatic rings. The van der Waals surface area contributed by atoms with E-state index in [1.807, 2.05) is 13.8 Å². The van der Waals surface area contributed by atoms with Crippen LogP contribution in [0.3, 0.4) is 0 Å². The van der Waals surface area contributed by atoms with Gasteiger partial charge in [-0.1, -0.05) is 55.2 Å². The van der Waals surface area contributed by atoms with E-state index in [9.17, 15) is 18.0 Å². The molecule has 1 N–H and O–H groups in total. The fraction of sp³-hybridized carbons (Fsp3) is 0.440. The number of nitrogens with zero attached hydrogens (tertiary/aromatic N) is 2. The lowest BCUT2D eigenvalue weighted by molar-refractivity contribution is -0.140. The fourth-order valence-corrected chi connectivity index (χ4v) is 4.88. The largest absolute Gasteiger partial charge is 0.495 e. The summed E-state index contributed by atoms with van der Waals surface area (Å²) in [6.45, 7) is 5.13. The molecular formula is C25H33Cl2N3O5S. The standard InChI is InChI=1S/C25H33Cl2N3O5S/c1-6-17(3)28-25(32)22(7-2)29(15-18-10-8-9-11-20(18)26)24(31)16-30(36(5,33)34)19-12-13-23(35-4)21(27)14-19/h8-14,17,22H,6-7,15-16H2,1-5H3,(H,28,32)/t17-,22-/m0/s1. The first kappa shape index (κ1) is 29.7. The van der Waals surface area contributed by atoms with Crippen LogP contribution in [0.4, 0.5) is 5.69 Å². The molecule has 0 fully saturated rings. The second kappa shape index (κ2) is 13.2. The normalized spacial score (nSPS) is 13.0. The highest BCUT2D eigenvalue weighted by Gasteiger charge is 2.32. The molecular weight excluding hydrogens is 525 g/mol. The SMILES string of the molecule is CC[C@H](C)NC(=O)[C@H](CC)N(Cc1ccccc1Cl)C(=O)CN(c1ccc(OC)c(Cl)c1)S(C)(=O)=O. The smallest absolute Gasteiger partial charge is 0.244 e. The lowest BCUT2D eigenvalue weighted by Gasteiger charge is -2.33. The van der Waals surface area contributed by atoms with Gasteiger partial charge in [0.25, 0.3) is 0 Å². The van der Waals surface area contributed by atoms with Gasteiger partial charge in [0.15, 0.2) is 0 Å². The highest BCUT2D eigenvalue weighted by atomic mass is 35.5. The Morgan fingerprint density at radius 2 is 1.72 bits per heavy atom. The molecule has 0 radical (unpaired) electrons. The molecule has 2 atom stereocenters. The number of carbonyl (C=O) groups excluding carboxylic acids is 2. The van der Waals surface area contributed by atoms with Gasteiger partial charge < -0.3 is 15.0 Å². The van der Waals surface area contributed by atoms with Crippen molar-refractivity contribution >= 4 is 50.7 Å². The Hall–Kier alpha value is -2.49. The van der Waals surface area contributed by atoms with E-state index in [1.54, 1.807) is 31.2 Å². The number of rotatable bonds is 12. The molecule has 8 nitrogen and oxygen atoms in total. The van der Waals surface area contributed by atoms with Crippen LogP contribution < -0.4 is 14.4 Å². The molecule has 0 saturated carbocycles. The Labute approximate surface area is 223 Å². The van der Waals surface area contributed by atoms with Gasteiger partial charge >= 0.3 is 0 Å². The van der Waals surface area contributed by atoms with Crippen molar-refractivity contribution in [1.29, 1.82) is 0 Å². The molecule has 2 amide bonds. The van der Waals surface area contributed by atoms with Crippen molar-refractivity contribution < 1.29 is 22.7 Å². The number of ether oxygens (including phenoxy) is 1. The zero-order valence-corrected chi connectivity index (χ0v) is 23.5. The minimum Gasteiger partial charge on any atom is -0.495 e. The Morgan fingerprint density at radius 1 is 1.06 bits per heavy atom. The van der Waals surface area contributed by atoms with E-state index in [2.05, 4.69) is 5.32 Å². The van der Waals surface area contributed by atoms with Crippen molar-refractivity contribution in [1.82, 2.24) is 10.2 Å². The lowest BCUT2D eigenvalue weighted by atomic mass is 10.1. The summed E-state index contributed by atoms with van der Waals surface area (Å²) in [6, 6.07) is 10.5. The van der Waals surface area contributed by atoms with E-state index < -0.39 is 28.5 Å². The lowest BCUT2D eigenvalue weighted by Crippen LogP contribution is -2.53. The van der Waals surface area contributed by atoms with E-state index in [0.717, 1.165) is 17.0 Å². The molecule has 2 rings (SSSR count). The maximum Gasteiger partial charge on any atom is 0.244 e. The molecule has 0 saturated heterocycles. The van der Waals surface area contributed by atoms with Crippen LogP contribution in [0.1, 0.15) is 39.2 Å². The van der Waals surface area contributed by atoms with Gasteiger partial charge in [0.1, 0.15) is 18.3 Å². The average Bonchev–Trinajstić information content (AvgIpc) is 2.82. The zero-order chi connectivity index (χ0) is 27.0. The fourth-order valence-electron chi connectivity index (χ4n) is 3.59. The molecule has 0 aliphatic carbocycles. The first-order chi connectivity index (χ1) is 16.9. The summed E-state index contributed by atoms with van der Waals surface area (Å²) in [7, 11) is -2.43. The number of halogens is 2. The van der Waals surface area contributed by atoms with Gasteiger partial charge in [-0.3, -0.25) is 13.9 Å². The third-order valence-electron chi connectivity index (χ3n) is 5.79. The average molecular weight is 559 g/mol. The number of hydrogen-bond donors (Lipinski definition) is 1. The Kier molecular flexibility index (Phi) is 10.9. The minimum atomic E-state index is -3.88. The van der Waals surface area contributed by atoms with E-state index in [1.165, 1.54) is 30.2 Å².